The molecule has 1 aliphatic rings. The lowest BCUT2D eigenvalue weighted by molar-refractivity contribution is -0.180. The Morgan fingerprint density at radius 2 is 1.61 bits per heavy atom. The van der Waals surface area contributed by atoms with Gasteiger partial charge in [0.1, 0.15) is 0 Å². The molecule has 108 valence electrons. The van der Waals surface area contributed by atoms with Crippen molar-refractivity contribution in [3.05, 3.63) is 0 Å². The number of aliphatic hydroxyl groups is 2. The van der Waals surface area contributed by atoms with E-state index in [4.69, 9.17) is 24.6 Å². The Hall–Kier alpha value is -0.590. The van der Waals surface area contributed by atoms with Crippen LogP contribution in [0.2, 0.25) is 0 Å². The molecular weight excluding hydrogens is 263 g/mol. The maximum atomic E-state index is 9.96. The van der Waals surface area contributed by atoms with E-state index < -0.39 is 14.0 Å². The maximum Gasteiger partial charge on any atom is 0.692 e. The molecule has 1 aliphatic carbocycles. The van der Waals surface area contributed by atoms with Crippen LogP contribution in [0.3, 0.4) is 0 Å². The molecule has 0 radical (unpaired) electrons. The average molecular weight is 285 g/mol. The van der Waals surface area contributed by atoms with Gasteiger partial charge in [0.05, 0.1) is 7.11 Å². The number of ether oxygens (including phenoxy) is 1. The van der Waals surface area contributed by atoms with Crippen LogP contribution < -0.4 is 0 Å². The van der Waals surface area contributed by atoms with Gasteiger partial charge in [0, 0.05) is 23.8 Å². The second kappa shape index (κ2) is 11.5. The van der Waals surface area contributed by atoms with Crippen LogP contribution in [0.1, 0.15) is 45.4 Å². The summed E-state index contributed by atoms with van der Waals surface area (Å²) in [5.41, 5.74) is 0. The number of hydrogen-bond donors (Lipinski definition) is 4. The zero-order chi connectivity index (χ0) is 14.6. The summed E-state index contributed by atoms with van der Waals surface area (Å²) in [5.74, 6) is -1.48. The van der Waals surface area contributed by atoms with Gasteiger partial charge in [0.25, 0.3) is 0 Å². The first-order chi connectivity index (χ1) is 8.25. The number of hydrogen-bond acceptors (Lipinski definition) is 5. The van der Waals surface area contributed by atoms with E-state index in [2.05, 4.69) is 4.74 Å². The molecule has 0 aliphatic heterocycles. The minimum absolute atomic E-state index is 0.157. The first-order valence-corrected chi connectivity index (χ1v) is 6.78. The van der Waals surface area contributed by atoms with Crippen LogP contribution in [0.25, 0.3) is 0 Å². The molecule has 0 saturated heterocycles. The molecule has 7 nitrogen and oxygen atoms in total. The quantitative estimate of drug-likeness (QED) is 0.319. The highest BCUT2D eigenvalue weighted by Crippen LogP contribution is 2.24. The molecule has 4 N–H and O–H groups in total. The van der Waals surface area contributed by atoms with Gasteiger partial charge in [-0.15, -0.1) is 9.79 Å². The van der Waals surface area contributed by atoms with Crippen molar-refractivity contribution in [3.63, 3.8) is 0 Å². The Bertz CT molecular complexity index is 224. The Morgan fingerprint density at radius 1 is 1.22 bits per heavy atom. The van der Waals surface area contributed by atoms with Gasteiger partial charge in [-0.2, -0.15) is 0 Å². The summed E-state index contributed by atoms with van der Waals surface area (Å²) in [6.45, 7) is 1.76. The molecule has 1 fully saturated rings. The third-order valence-electron chi connectivity index (χ3n) is 2.17. The van der Waals surface area contributed by atoms with E-state index in [1.165, 1.54) is 7.11 Å². The molecule has 0 heterocycles. The minimum atomic E-state index is -2.87. The second-order valence-corrected chi connectivity index (χ2v) is 4.23. The predicted molar refractivity (Wildman–Crippen MR) is 64.6 cm³/mol. The van der Waals surface area contributed by atoms with Gasteiger partial charge in [0.2, 0.25) is 0 Å². The summed E-state index contributed by atoms with van der Waals surface area (Å²) in [5, 5.41) is 17.9. The van der Waals surface area contributed by atoms with E-state index in [0.717, 1.165) is 19.3 Å². The average Bonchev–Trinajstić information content (AvgIpc) is 2.27. The monoisotopic (exact) mass is 285 g/mol. The summed E-state index contributed by atoms with van der Waals surface area (Å²) in [6.07, 6.45) is 4.68. The van der Waals surface area contributed by atoms with Crippen molar-refractivity contribution < 1.29 is 34.1 Å². The van der Waals surface area contributed by atoms with E-state index in [1.54, 1.807) is 6.92 Å². The normalized spacial score (nSPS) is 16.3. The molecule has 0 bridgehead atoms. The highest BCUT2D eigenvalue weighted by atomic mass is 31.1. The smallest absolute Gasteiger partial charge is 0.469 e. The fourth-order valence-corrected chi connectivity index (χ4v) is 1.26. The van der Waals surface area contributed by atoms with Crippen LogP contribution in [0.5, 0.6) is 0 Å². The standard InChI is InChI=1S/C6H12O2.C4H8O2.HO3P/c7-6(8)4-2-1-3-5-6;1-3-4(5)6-2;1-4(2)3/h7-8H,1-5H2;3H2,1-2H3;(H-,1,2,3)/p+1. The van der Waals surface area contributed by atoms with Crippen molar-refractivity contribution in [3.8, 4) is 0 Å². The summed E-state index contributed by atoms with van der Waals surface area (Å²) >= 11 is 0. The van der Waals surface area contributed by atoms with E-state index in [-0.39, 0.29) is 5.97 Å². The van der Waals surface area contributed by atoms with Crippen LogP contribution >= 0.6 is 8.25 Å². The molecule has 0 aromatic carbocycles. The van der Waals surface area contributed by atoms with Gasteiger partial charge in [-0.25, -0.2) is 0 Å². The SMILES string of the molecule is CCC(=O)OC.O=[P+](O)O.OC1(O)CCCCC1. The molecule has 18 heavy (non-hydrogen) atoms. The van der Waals surface area contributed by atoms with E-state index in [9.17, 15) is 4.79 Å². The third-order valence-corrected chi connectivity index (χ3v) is 2.17. The van der Waals surface area contributed by atoms with Crippen LogP contribution in [-0.2, 0) is 14.1 Å². The summed E-state index contributed by atoms with van der Waals surface area (Å²) in [4.78, 5) is 24.2. The maximum absolute atomic E-state index is 9.96. The molecule has 1 rings (SSSR count). The Labute approximate surface area is 107 Å². The Kier molecular flexibility index (Phi) is 12.6. The Morgan fingerprint density at radius 3 is 1.72 bits per heavy atom. The topological polar surface area (TPSA) is 124 Å². The lowest BCUT2D eigenvalue weighted by Crippen LogP contribution is -2.30. The van der Waals surface area contributed by atoms with Gasteiger partial charge in [-0.3, -0.25) is 4.79 Å². The summed E-state index contributed by atoms with van der Waals surface area (Å²) < 4.78 is 13.0. The van der Waals surface area contributed by atoms with Gasteiger partial charge < -0.3 is 14.9 Å². The van der Waals surface area contributed by atoms with Crippen LogP contribution in [0, 0.1) is 0 Å². The number of rotatable bonds is 1. The zero-order valence-corrected chi connectivity index (χ0v) is 11.6. The lowest BCUT2D eigenvalue weighted by atomic mass is 9.95. The molecule has 0 spiro atoms. The molecular formula is C10H22O7P+. The van der Waals surface area contributed by atoms with Crippen LogP contribution in [-0.4, -0.2) is 38.9 Å². The summed E-state index contributed by atoms with van der Waals surface area (Å²) in [7, 11) is -1.49. The van der Waals surface area contributed by atoms with E-state index >= 15 is 0 Å². The van der Waals surface area contributed by atoms with Crippen molar-refractivity contribution in [2.75, 3.05) is 7.11 Å². The van der Waals surface area contributed by atoms with Gasteiger partial charge >= 0.3 is 14.2 Å². The molecule has 0 atom stereocenters. The first-order valence-electron chi connectivity index (χ1n) is 5.61. The van der Waals surface area contributed by atoms with E-state index in [0.29, 0.717) is 19.3 Å². The highest BCUT2D eigenvalue weighted by Gasteiger charge is 2.24. The first kappa shape index (κ1) is 19.7. The van der Waals surface area contributed by atoms with E-state index in [1.807, 2.05) is 0 Å². The lowest BCUT2D eigenvalue weighted by Gasteiger charge is -2.25. The minimum Gasteiger partial charge on any atom is -0.469 e. The fraction of sp³-hybridized carbons (Fsp3) is 0.900. The molecule has 0 amide bonds. The molecule has 1 saturated carbocycles. The van der Waals surface area contributed by atoms with Gasteiger partial charge in [-0.1, -0.05) is 13.3 Å². The van der Waals surface area contributed by atoms with Gasteiger partial charge in [0.15, 0.2) is 5.79 Å². The number of carbonyl (C=O) groups is 1. The van der Waals surface area contributed by atoms with Crippen LogP contribution in [0.15, 0.2) is 0 Å². The second-order valence-electron chi connectivity index (χ2n) is 3.73. The molecule has 0 unspecified atom stereocenters. The molecule has 8 heteroatoms. The van der Waals surface area contributed by atoms with Crippen molar-refractivity contribution in [2.45, 2.75) is 51.2 Å². The molecule has 0 aromatic heterocycles. The molecule has 0 aromatic rings. The third kappa shape index (κ3) is 17.8. The summed E-state index contributed by atoms with van der Waals surface area (Å²) in [6, 6.07) is 0. The number of methoxy groups -OCH3 is 1. The van der Waals surface area contributed by atoms with Crippen LogP contribution in [0.4, 0.5) is 0 Å². The number of carbonyl (C=O) groups excluding carboxylic acids is 1. The highest BCUT2D eigenvalue weighted by molar-refractivity contribution is 7.30. The Balaban J connectivity index is 0. The predicted octanol–water partition coefficient (Wildman–Crippen LogP) is 0.829. The van der Waals surface area contributed by atoms with Crippen molar-refractivity contribution in [1.29, 1.82) is 0 Å². The number of esters is 1. The van der Waals surface area contributed by atoms with Crippen molar-refractivity contribution >= 4 is 14.2 Å². The van der Waals surface area contributed by atoms with Gasteiger partial charge in [-0.05, 0) is 12.8 Å². The van der Waals surface area contributed by atoms with Crippen molar-refractivity contribution in [1.82, 2.24) is 0 Å². The zero-order valence-electron chi connectivity index (χ0n) is 10.7. The van der Waals surface area contributed by atoms with Crippen molar-refractivity contribution in [2.24, 2.45) is 0 Å². The largest absolute Gasteiger partial charge is 0.692 e. The fourth-order valence-electron chi connectivity index (χ4n) is 1.26.